The molecule has 4 aliphatic heterocycles. The average molecular weight is 606 g/mol. The molecule has 10 nitrogen and oxygen atoms in total. The van der Waals surface area contributed by atoms with E-state index in [-0.39, 0.29) is 18.1 Å². The van der Waals surface area contributed by atoms with Crippen molar-refractivity contribution in [2.45, 2.75) is 31.5 Å². The van der Waals surface area contributed by atoms with Crippen LogP contribution in [0.15, 0.2) is 41.7 Å². The van der Waals surface area contributed by atoms with Gasteiger partial charge < -0.3 is 34.6 Å². The van der Waals surface area contributed by atoms with Gasteiger partial charge in [0.15, 0.2) is 5.96 Å². The van der Waals surface area contributed by atoms with Crippen LogP contribution in [0.4, 0.5) is 0 Å². The largest absolute Gasteiger partial charge is 0.495 e. The number of fused-ring (bicyclic) bond motifs is 1. The fourth-order valence-corrected chi connectivity index (χ4v) is 6.41. The molecule has 2 atom stereocenters. The summed E-state index contributed by atoms with van der Waals surface area (Å²) in [4.78, 5) is 23.5. The minimum atomic E-state index is -0.156. The van der Waals surface area contributed by atoms with Crippen LogP contribution in [0.1, 0.15) is 24.8 Å². The number of carbonyl (C=O) groups excluding carboxylic acids is 1. The number of methoxy groups -OCH3 is 2. The Hall–Kier alpha value is -2.92. The number of nitrogens with zero attached hydrogens (tertiary/aromatic N) is 4. The van der Waals surface area contributed by atoms with Crippen LogP contribution in [0.25, 0.3) is 5.57 Å². The first-order chi connectivity index (χ1) is 19.9. The molecule has 0 bridgehead atoms. The number of hydrogen-bond donors (Lipinski definition) is 2. The summed E-state index contributed by atoms with van der Waals surface area (Å²) in [5, 5.41) is 7.73. The van der Waals surface area contributed by atoms with E-state index in [2.05, 4.69) is 33.2 Å². The fraction of sp³-hybridized carbons (Fsp3) is 0.517. The van der Waals surface area contributed by atoms with Crippen molar-refractivity contribution in [3.05, 3.63) is 52.3 Å². The van der Waals surface area contributed by atoms with Gasteiger partial charge in [-0.25, -0.2) is 4.99 Å². The third-order valence-electron chi connectivity index (χ3n) is 7.92. The predicted octanol–water partition coefficient (Wildman–Crippen LogP) is 3.33. The highest BCUT2D eigenvalue weighted by Crippen LogP contribution is 2.47. The van der Waals surface area contributed by atoms with Gasteiger partial charge in [0.2, 0.25) is 5.91 Å². The molecule has 0 aliphatic carbocycles. The first kappa shape index (κ1) is 29.6. The standard InChI is InChI=1S/C29H38Cl2N6O4/c1-4-24(38)36-11-9-35(10-12-36)7-5-8-37-17-20(25-26(30)22(39-2)15-23(40-3)27(25)31)14-19-16-32-29(34-28(19)37)33-21-6-13-41-18-21/h4,15-17,21,28H,1,5-14,18H2,2-3H3,(H2,32,33,34)/t21?,28-/m0/s1. The summed E-state index contributed by atoms with van der Waals surface area (Å²) < 4.78 is 16.6. The van der Waals surface area contributed by atoms with Crippen LogP contribution in [0.3, 0.4) is 0 Å². The Balaban J connectivity index is 1.37. The van der Waals surface area contributed by atoms with Gasteiger partial charge >= 0.3 is 0 Å². The molecule has 1 amide bonds. The van der Waals surface area contributed by atoms with Gasteiger partial charge in [-0.3, -0.25) is 9.69 Å². The van der Waals surface area contributed by atoms with E-state index in [1.165, 1.54) is 6.08 Å². The lowest BCUT2D eigenvalue weighted by molar-refractivity contribution is -0.127. The van der Waals surface area contributed by atoms with Crippen molar-refractivity contribution in [2.24, 2.45) is 4.99 Å². The van der Waals surface area contributed by atoms with E-state index in [4.69, 9.17) is 42.4 Å². The van der Waals surface area contributed by atoms with Gasteiger partial charge in [-0.15, -0.1) is 0 Å². The van der Waals surface area contributed by atoms with Crippen molar-refractivity contribution in [1.82, 2.24) is 25.3 Å². The Morgan fingerprint density at radius 3 is 2.56 bits per heavy atom. The lowest BCUT2D eigenvalue weighted by Gasteiger charge is -2.39. The van der Waals surface area contributed by atoms with Crippen molar-refractivity contribution in [3.63, 3.8) is 0 Å². The molecular weight excluding hydrogens is 567 g/mol. The number of guanidine groups is 1. The third kappa shape index (κ3) is 6.61. The summed E-state index contributed by atoms with van der Waals surface area (Å²) in [6, 6.07) is 1.95. The molecule has 0 aromatic heterocycles. The molecule has 0 saturated carbocycles. The molecule has 0 spiro atoms. The van der Waals surface area contributed by atoms with Crippen LogP contribution < -0.4 is 20.1 Å². The number of carbonyl (C=O) groups is 1. The van der Waals surface area contributed by atoms with Gasteiger partial charge in [-0.1, -0.05) is 29.8 Å². The molecule has 2 N–H and O–H groups in total. The minimum absolute atomic E-state index is 0.00112. The summed E-state index contributed by atoms with van der Waals surface area (Å²) in [6.07, 6.45) is 7.89. The van der Waals surface area contributed by atoms with E-state index >= 15 is 0 Å². The SMILES string of the molecule is C=CC(=O)N1CCN(CCCN2C=C(c3c(Cl)c(OC)cc(OC)c3Cl)CC3=CNC(NC4CCOC4)=N[C@H]32)CC1. The monoisotopic (exact) mass is 604 g/mol. The zero-order valence-corrected chi connectivity index (χ0v) is 25.1. The normalized spacial score (nSPS) is 22.7. The van der Waals surface area contributed by atoms with Gasteiger partial charge in [-0.2, -0.15) is 0 Å². The van der Waals surface area contributed by atoms with Gasteiger partial charge in [0.25, 0.3) is 0 Å². The quantitative estimate of drug-likeness (QED) is 0.415. The Morgan fingerprint density at radius 2 is 1.93 bits per heavy atom. The number of benzene rings is 1. The van der Waals surface area contributed by atoms with Gasteiger partial charge in [0.1, 0.15) is 17.7 Å². The van der Waals surface area contributed by atoms with Crippen molar-refractivity contribution < 1.29 is 19.0 Å². The number of ether oxygens (including phenoxy) is 3. The molecule has 0 radical (unpaired) electrons. The van der Waals surface area contributed by atoms with Crippen LogP contribution in [-0.4, -0.2) is 105 Å². The van der Waals surface area contributed by atoms with Gasteiger partial charge in [0, 0.05) is 69.8 Å². The Bertz CT molecular complexity index is 1210. The van der Waals surface area contributed by atoms with Crippen LogP contribution in [0.5, 0.6) is 11.5 Å². The smallest absolute Gasteiger partial charge is 0.246 e. The molecule has 222 valence electrons. The number of allylic oxidation sites excluding steroid dienone is 1. The molecule has 2 fully saturated rings. The van der Waals surface area contributed by atoms with Crippen LogP contribution in [-0.2, 0) is 9.53 Å². The van der Waals surface area contributed by atoms with E-state index in [0.717, 1.165) is 75.8 Å². The van der Waals surface area contributed by atoms with E-state index in [1.54, 1.807) is 20.3 Å². The zero-order chi connectivity index (χ0) is 28.9. The molecule has 41 heavy (non-hydrogen) atoms. The molecule has 1 unspecified atom stereocenters. The second-order valence-electron chi connectivity index (χ2n) is 10.5. The highest BCUT2D eigenvalue weighted by Gasteiger charge is 2.32. The number of piperazine rings is 1. The van der Waals surface area contributed by atoms with Crippen molar-refractivity contribution in [3.8, 4) is 11.5 Å². The number of rotatable bonds is 9. The van der Waals surface area contributed by atoms with Crippen LogP contribution in [0.2, 0.25) is 10.0 Å². The van der Waals surface area contributed by atoms with Gasteiger partial charge in [0.05, 0.1) is 36.9 Å². The molecule has 2 saturated heterocycles. The molecule has 4 heterocycles. The molecule has 12 heteroatoms. The van der Waals surface area contributed by atoms with Crippen molar-refractivity contribution in [2.75, 3.05) is 66.7 Å². The third-order valence-corrected chi connectivity index (χ3v) is 8.67. The lowest BCUT2D eigenvalue weighted by atomic mass is 9.93. The summed E-state index contributed by atoms with van der Waals surface area (Å²) in [7, 11) is 3.16. The van der Waals surface area contributed by atoms with E-state index < -0.39 is 0 Å². The van der Waals surface area contributed by atoms with Crippen molar-refractivity contribution >= 4 is 40.6 Å². The predicted molar refractivity (Wildman–Crippen MR) is 162 cm³/mol. The van der Waals surface area contributed by atoms with Crippen molar-refractivity contribution in [1.29, 1.82) is 0 Å². The van der Waals surface area contributed by atoms with E-state index in [9.17, 15) is 4.79 Å². The number of nitrogens with one attached hydrogen (secondary N) is 2. The van der Waals surface area contributed by atoms with E-state index in [0.29, 0.717) is 40.1 Å². The molecule has 5 rings (SSSR count). The number of amides is 1. The molecule has 1 aromatic rings. The Labute approximate surface area is 251 Å². The summed E-state index contributed by atoms with van der Waals surface area (Å²) >= 11 is 13.6. The second kappa shape index (κ2) is 13.4. The first-order valence-electron chi connectivity index (χ1n) is 14.0. The number of hydrogen-bond acceptors (Lipinski definition) is 9. The minimum Gasteiger partial charge on any atom is -0.495 e. The topological polar surface area (TPSA) is 90.9 Å². The number of halogens is 2. The maximum Gasteiger partial charge on any atom is 0.246 e. The van der Waals surface area contributed by atoms with E-state index in [1.807, 2.05) is 11.1 Å². The lowest BCUT2D eigenvalue weighted by Crippen LogP contribution is -2.49. The highest BCUT2D eigenvalue weighted by atomic mass is 35.5. The molecular formula is C29H38Cl2N6O4. The van der Waals surface area contributed by atoms with Gasteiger partial charge in [-0.05, 0) is 36.6 Å². The van der Waals surface area contributed by atoms with Crippen LogP contribution in [0, 0.1) is 0 Å². The average Bonchev–Trinajstić information content (AvgIpc) is 3.50. The Kier molecular flexibility index (Phi) is 9.64. The molecule has 4 aliphatic rings. The summed E-state index contributed by atoms with van der Waals surface area (Å²) in [5.41, 5.74) is 2.78. The molecule has 1 aromatic carbocycles. The van der Waals surface area contributed by atoms with Crippen LogP contribution >= 0.6 is 23.2 Å². The Morgan fingerprint density at radius 1 is 1.20 bits per heavy atom. The maximum absolute atomic E-state index is 11.9. The maximum atomic E-state index is 11.9. The summed E-state index contributed by atoms with van der Waals surface area (Å²) in [5.74, 6) is 1.76. The second-order valence-corrected chi connectivity index (χ2v) is 11.3. The fourth-order valence-electron chi connectivity index (χ4n) is 5.67. The first-order valence-corrected chi connectivity index (χ1v) is 14.8. The number of aliphatic imine (C=N–C) groups is 1. The summed E-state index contributed by atoms with van der Waals surface area (Å²) in [6.45, 7) is 9.88. The zero-order valence-electron chi connectivity index (χ0n) is 23.6. The highest BCUT2D eigenvalue weighted by molar-refractivity contribution is 6.39.